The fourth-order valence-electron chi connectivity index (χ4n) is 0.782. The van der Waals surface area contributed by atoms with E-state index in [1.165, 1.54) is 0 Å². The Bertz CT molecular complexity index is 236. The zero-order chi connectivity index (χ0) is 13.5. The number of carboxylic acid groups (broad SMARTS) is 4. The van der Waals surface area contributed by atoms with Crippen LogP contribution in [0.3, 0.4) is 0 Å². The van der Waals surface area contributed by atoms with Crippen LogP contribution in [0.2, 0.25) is 0 Å². The van der Waals surface area contributed by atoms with Crippen molar-refractivity contribution in [3.63, 3.8) is 0 Å². The van der Waals surface area contributed by atoms with Gasteiger partial charge in [0.1, 0.15) is 0 Å². The molecular formula is C8H12O8. The molecule has 0 aromatic carbocycles. The van der Waals surface area contributed by atoms with Crippen LogP contribution in [-0.2, 0) is 19.2 Å². The molecule has 0 aliphatic rings. The summed E-state index contributed by atoms with van der Waals surface area (Å²) in [5.74, 6) is -13.0. The highest BCUT2D eigenvalue weighted by molar-refractivity contribution is 6.05. The van der Waals surface area contributed by atoms with Gasteiger partial charge in [-0.15, -0.1) is 0 Å². The summed E-state index contributed by atoms with van der Waals surface area (Å²) in [6, 6.07) is 0. The highest BCUT2D eigenvalue weighted by atomic mass is 16.4. The van der Waals surface area contributed by atoms with Gasteiger partial charge in [0, 0.05) is 0 Å². The predicted molar refractivity (Wildman–Crippen MR) is 48.9 cm³/mol. The van der Waals surface area contributed by atoms with Crippen molar-refractivity contribution in [2.45, 2.75) is 13.8 Å². The van der Waals surface area contributed by atoms with Crippen molar-refractivity contribution in [1.29, 1.82) is 0 Å². The molecule has 0 radical (unpaired) electrons. The minimum atomic E-state index is -2.50. The van der Waals surface area contributed by atoms with Crippen LogP contribution >= 0.6 is 0 Å². The standard InChI is InChI=1S/C6H6O8.C2H6/c7-3(8)1(4(9)10)2(5(11)12)6(13)14;1-2/h1-2H,(H,7,8)(H,9,10)(H,11,12)(H,13,14);1-2H3. The number of hydrogen-bond acceptors (Lipinski definition) is 4. The maximum atomic E-state index is 10.3. The molecule has 0 aromatic heterocycles. The second-order valence-corrected chi connectivity index (χ2v) is 2.31. The monoisotopic (exact) mass is 236 g/mol. The second-order valence-electron chi connectivity index (χ2n) is 2.31. The van der Waals surface area contributed by atoms with Gasteiger partial charge in [-0.05, 0) is 0 Å². The molecule has 0 atom stereocenters. The van der Waals surface area contributed by atoms with Crippen molar-refractivity contribution in [2.75, 3.05) is 0 Å². The van der Waals surface area contributed by atoms with E-state index in [-0.39, 0.29) is 0 Å². The van der Waals surface area contributed by atoms with E-state index < -0.39 is 35.7 Å². The van der Waals surface area contributed by atoms with E-state index in [1.54, 1.807) is 0 Å². The molecule has 0 aromatic rings. The summed E-state index contributed by atoms with van der Waals surface area (Å²) in [6.45, 7) is 4.00. The summed E-state index contributed by atoms with van der Waals surface area (Å²) < 4.78 is 0. The van der Waals surface area contributed by atoms with Crippen molar-refractivity contribution in [1.82, 2.24) is 0 Å². The maximum absolute atomic E-state index is 10.3. The fourth-order valence-corrected chi connectivity index (χ4v) is 0.782. The molecule has 0 amide bonds. The first-order valence-corrected chi connectivity index (χ1v) is 4.20. The molecule has 0 fully saturated rings. The average Bonchev–Trinajstić information content (AvgIpc) is 2.14. The molecule has 0 aliphatic carbocycles. The Morgan fingerprint density at radius 1 is 0.625 bits per heavy atom. The zero-order valence-electron chi connectivity index (χ0n) is 8.58. The molecule has 0 saturated carbocycles. The summed E-state index contributed by atoms with van der Waals surface area (Å²) in [6.07, 6.45) is 0. The Morgan fingerprint density at radius 2 is 0.750 bits per heavy atom. The molecule has 0 saturated heterocycles. The van der Waals surface area contributed by atoms with E-state index in [0.717, 1.165) is 0 Å². The third-order valence-corrected chi connectivity index (χ3v) is 1.40. The van der Waals surface area contributed by atoms with Crippen LogP contribution in [-0.4, -0.2) is 44.3 Å². The molecule has 8 nitrogen and oxygen atoms in total. The smallest absolute Gasteiger partial charge is 0.319 e. The zero-order valence-corrected chi connectivity index (χ0v) is 8.58. The van der Waals surface area contributed by atoms with E-state index in [4.69, 9.17) is 20.4 Å². The third kappa shape index (κ3) is 4.40. The lowest BCUT2D eigenvalue weighted by Gasteiger charge is -2.11. The van der Waals surface area contributed by atoms with Crippen molar-refractivity contribution in [2.24, 2.45) is 11.8 Å². The lowest BCUT2D eigenvalue weighted by atomic mass is 9.93. The van der Waals surface area contributed by atoms with Crippen LogP contribution in [0.1, 0.15) is 13.8 Å². The highest BCUT2D eigenvalue weighted by Gasteiger charge is 2.44. The van der Waals surface area contributed by atoms with E-state index >= 15 is 0 Å². The van der Waals surface area contributed by atoms with Crippen LogP contribution in [0.25, 0.3) is 0 Å². The molecule has 92 valence electrons. The normalized spacial score (nSPS) is 9.25. The molecule has 16 heavy (non-hydrogen) atoms. The minimum Gasteiger partial charge on any atom is -0.481 e. The van der Waals surface area contributed by atoms with Crippen molar-refractivity contribution < 1.29 is 39.6 Å². The SMILES string of the molecule is CC.O=C(O)C(C(=O)O)C(C(=O)O)C(=O)O. The first-order valence-electron chi connectivity index (χ1n) is 4.20. The highest BCUT2D eigenvalue weighted by Crippen LogP contribution is 2.13. The van der Waals surface area contributed by atoms with Gasteiger partial charge in [-0.25, -0.2) is 0 Å². The molecule has 0 spiro atoms. The van der Waals surface area contributed by atoms with Crippen molar-refractivity contribution >= 4 is 23.9 Å². The van der Waals surface area contributed by atoms with Gasteiger partial charge < -0.3 is 20.4 Å². The van der Waals surface area contributed by atoms with Gasteiger partial charge in [0.05, 0.1) is 0 Å². The molecule has 0 rings (SSSR count). The lowest BCUT2D eigenvalue weighted by Crippen LogP contribution is -2.40. The Labute approximate surface area is 90.1 Å². The van der Waals surface area contributed by atoms with Crippen molar-refractivity contribution in [3.8, 4) is 0 Å². The van der Waals surface area contributed by atoms with Gasteiger partial charge >= 0.3 is 23.9 Å². The maximum Gasteiger partial charge on any atom is 0.319 e. The number of hydrogen-bond donors (Lipinski definition) is 4. The summed E-state index contributed by atoms with van der Waals surface area (Å²) in [5, 5.41) is 33.2. The van der Waals surface area contributed by atoms with Gasteiger partial charge in [0.15, 0.2) is 11.8 Å². The molecule has 0 aliphatic heterocycles. The summed E-state index contributed by atoms with van der Waals surface area (Å²) in [5.41, 5.74) is 0. The lowest BCUT2D eigenvalue weighted by molar-refractivity contribution is -0.171. The summed E-state index contributed by atoms with van der Waals surface area (Å²) >= 11 is 0. The number of rotatable bonds is 5. The van der Waals surface area contributed by atoms with Gasteiger partial charge in [0.2, 0.25) is 0 Å². The first-order chi connectivity index (χ1) is 7.29. The van der Waals surface area contributed by atoms with E-state index in [1.807, 2.05) is 13.8 Å². The molecule has 0 unspecified atom stereocenters. The van der Waals surface area contributed by atoms with E-state index in [0.29, 0.717) is 0 Å². The average molecular weight is 236 g/mol. The van der Waals surface area contributed by atoms with Crippen LogP contribution in [0.5, 0.6) is 0 Å². The molecule has 0 heterocycles. The Morgan fingerprint density at radius 3 is 0.812 bits per heavy atom. The quantitative estimate of drug-likeness (QED) is 0.470. The van der Waals surface area contributed by atoms with Gasteiger partial charge in [0.25, 0.3) is 0 Å². The van der Waals surface area contributed by atoms with Gasteiger partial charge in [-0.1, -0.05) is 13.8 Å². The van der Waals surface area contributed by atoms with Gasteiger partial charge in [-0.2, -0.15) is 0 Å². The summed E-state index contributed by atoms with van der Waals surface area (Å²) in [4.78, 5) is 41.1. The third-order valence-electron chi connectivity index (χ3n) is 1.40. The molecule has 4 N–H and O–H groups in total. The number of carboxylic acids is 4. The van der Waals surface area contributed by atoms with Gasteiger partial charge in [-0.3, -0.25) is 19.2 Å². The number of carbonyl (C=O) groups is 4. The van der Waals surface area contributed by atoms with Crippen LogP contribution < -0.4 is 0 Å². The number of aliphatic carboxylic acids is 4. The Kier molecular flexibility index (Phi) is 7.35. The van der Waals surface area contributed by atoms with E-state index in [2.05, 4.69) is 0 Å². The second kappa shape index (κ2) is 7.21. The summed E-state index contributed by atoms with van der Waals surface area (Å²) in [7, 11) is 0. The van der Waals surface area contributed by atoms with Crippen molar-refractivity contribution in [3.05, 3.63) is 0 Å². The van der Waals surface area contributed by atoms with Crippen LogP contribution in [0, 0.1) is 11.8 Å². The topological polar surface area (TPSA) is 149 Å². The largest absolute Gasteiger partial charge is 0.481 e. The fraction of sp³-hybridized carbons (Fsp3) is 0.500. The van der Waals surface area contributed by atoms with E-state index in [9.17, 15) is 19.2 Å². The first kappa shape index (κ1) is 16.3. The minimum absolute atomic E-state index is 2.00. The molecule has 8 heteroatoms. The van der Waals surface area contributed by atoms with Crippen LogP contribution in [0.4, 0.5) is 0 Å². The predicted octanol–water partition coefficient (Wildman–Crippen LogP) is -0.417. The molecular weight excluding hydrogens is 224 g/mol. The Balaban J connectivity index is 0. The Hall–Kier alpha value is -2.12. The van der Waals surface area contributed by atoms with Crippen LogP contribution in [0.15, 0.2) is 0 Å². The molecule has 0 bridgehead atoms.